The van der Waals surface area contributed by atoms with Gasteiger partial charge in [-0.25, -0.2) is 4.98 Å². The average Bonchev–Trinajstić information content (AvgIpc) is 2.54. The Hall–Kier alpha value is -2.78. The third-order valence-electron chi connectivity index (χ3n) is 3.69. The van der Waals surface area contributed by atoms with Crippen LogP contribution in [-0.2, 0) is 0 Å². The topological polar surface area (TPSA) is 54.0 Å². The summed E-state index contributed by atoms with van der Waals surface area (Å²) in [6.07, 6.45) is -10.7. The highest BCUT2D eigenvalue weighted by atomic mass is 19.4. The molecule has 0 bridgehead atoms. The van der Waals surface area contributed by atoms with E-state index in [1.54, 1.807) is 13.8 Å². The first-order chi connectivity index (χ1) is 12.4. The van der Waals surface area contributed by atoms with Gasteiger partial charge in [-0.1, -0.05) is 23.8 Å². The number of hydrogen-bond acceptors (Lipinski definition) is 3. The van der Waals surface area contributed by atoms with Crippen LogP contribution in [0.4, 0.5) is 32.2 Å². The van der Waals surface area contributed by atoms with Gasteiger partial charge in [0.2, 0.25) is 0 Å². The Morgan fingerprint density at radius 2 is 1.37 bits per heavy atom. The molecule has 0 atom stereocenters. The Labute approximate surface area is 150 Å². The number of carbonyl (C=O) groups is 1. The van der Waals surface area contributed by atoms with Crippen LogP contribution in [-0.4, -0.2) is 28.9 Å². The lowest BCUT2D eigenvalue weighted by Gasteiger charge is -2.38. The molecule has 146 valence electrons. The molecule has 0 spiro atoms. The van der Waals surface area contributed by atoms with Crippen molar-refractivity contribution in [2.75, 3.05) is 5.32 Å². The number of rotatable bonds is 4. The van der Waals surface area contributed by atoms with Crippen molar-refractivity contribution in [3.8, 4) is 0 Å². The third kappa shape index (κ3) is 4.32. The van der Waals surface area contributed by atoms with Crippen molar-refractivity contribution in [2.24, 2.45) is 0 Å². The molecular formula is C17H15F6N3O. The minimum absolute atomic E-state index is 0.350. The summed E-state index contributed by atoms with van der Waals surface area (Å²) in [5.41, 5.74) is -3.85. The van der Waals surface area contributed by atoms with Crippen molar-refractivity contribution in [1.29, 1.82) is 0 Å². The number of nitrogens with zero attached hydrogens (tertiary/aromatic N) is 1. The fourth-order valence-corrected chi connectivity index (χ4v) is 2.16. The van der Waals surface area contributed by atoms with E-state index in [2.05, 4.69) is 4.98 Å². The maximum Gasteiger partial charge on any atom is 0.439 e. The number of carbonyl (C=O) groups excluding carboxylic acids is 1. The first-order valence-electron chi connectivity index (χ1n) is 7.59. The number of aryl methyl sites for hydroxylation is 2. The fraction of sp³-hybridized carbons (Fsp3) is 0.294. The Bertz CT molecular complexity index is 783. The van der Waals surface area contributed by atoms with E-state index in [1.807, 2.05) is 0 Å². The Morgan fingerprint density at radius 1 is 0.852 bits per heavy atom. The number of alkyl halides is 6. The van der Waals surface area contributed by atoms with Gasteiger partial charge < -0.3 is 10.6 Å². The molecule has 1 aromatic carbocycles. The predicted octanol–water partition coefficient (Wildman–Crippen LogP) is 4.36. The van der Waals surface area contributed by atoms with Gasteiger partial charge in [-0.15, -0.1) is 0 Å². The molecule has 0 aliphatic heterocycles. The zero-order chi connectivity index (χ0) is 20.5. The largest absolute Gasteiger partial charge is 0.439 e. The van der Waals surface area contributed by atoms with Gasteiger partial charge in [-0.05, 0) is 37.6 Å². The molecule has 0 fully saturated rings. The molecular weight excluding hydrogens is 376 g/mol. The highest BCUT2D eigenvalue weighted by molar-refractivity contribution is 5.95. The summed E-state index contributed by atoms with van der Waals surface area (Å²) < 4.78 is 81.3. The Balaban J connectivity index is 2.49. The van der Waals surface area contributed by atoms with Crippen LogP contribution in [0.25, 0.3) is 0 Å². The van der Waals surface area contributed by atoms with Gasteiger partial charge in [0.1, 0.15) is 5.82 Å². The van der Waals surface area contributed by atoms with Crippen LogP contribution in [0.1, 0.15) is 21.5 Å². The maximum atomic E-state index is 13.6. The average molecular weight is 391 g/mol. The predicted molar refractivity (Wildman–Crippen MR) is 86.1 cm³/mol. The molecule has 0 radical (unpaired) electrons. The second-order valence-electron chi connectivity index (χ2n) is 5.91. The summed E-state index contributed by atoms with van der Waals surface area (Å²) in [6.45, 7) is 3.22. The van der Waals surface area contributed by atoms with Crippen molar-refractivity contribution in [3.63, 3.8) is 0 Å². The van der Waals surface area contributed by atoms with E-state index in [-0.39, 0.29) is 5.56 Å². The molecule has 27 heavy (non-hydrogen) atoms. The molecule has 0 aliphatic rings. The first kappa shape index (κ1) is 20.5. The van der Waals surface area contributed by atoms with Crippen LogP contribution in [0.2, 0.25) is 0 Å². The smallest absolute Gasteiger partial charge is 0.332 e. The molecule has 1 aromatic heterocycles. The number of nitrogens with one attached hydrogen (secondary N) is 2. The molecule has 4 nitrogen and oxygen atoms in total. The summed E-state index contributed by atoms with van der Waals surface area (Å²) in [5, 5.41) is 2.39. The molecule has 2 N–H and O–H groups in total. The number of amides is 1. The van der Waals surface area contributed by atoms with Gasteiger partial charge in [0.25, 0.3) is 5.91 Å². The van der Waals surface area contributed by atoms with Gasteiger partial charge in [0.15, 0.2) is 0 Å². The molecule has 10 heteroatoms. The highest BCUT2D eigenvalue weighted by Gasteiger charge is 2.72. The molecule has 0 unspecified atom stereocenters. The zero-order valence-electron chi connectivity index (χ0n) is 14.2. The Kier molecular flexibility index (Phi) is 5.39. The van der Waals surface area contributed by atoms with Crippen molar-refractivity contribution >= 4 is 11.7 Å². The lowest BCUT2D eigenvalue weighted by atomic mass is 10.1. The number of anilines is 1. The van der Waals surface area contributed by atoms with E-state index in [0.717, 1.165) is 29.7 Å². The van der Waals surface area contributed by atoms with Crippen LogP contribution in [0, 0.1) is 13.8 Å². The number of pyridine rings is 1. The molecule has 0 saturated heterocycles. The second kappa shape index (κ2) is 7.09. The Morgan fingerprint density at radius 3 is 1.81 bits per heavy atom. The summed E-state index contributed by atoms with van der Waals surface area (Å²) >= 11 is 0. The monoisotopic (exact) mass is 391 g/mol. The van der Waals surface area contributed by atoms with Gasteiger partial charge in [-0.3, -0.25) is 4.79 Å². The zero-order valence-corrected chi connectivity index (χ0v) is 14.2. The van der Waals surface area contributed by atoms with Crippen LogP contribution in [0.3, 0.4) is 0 Å². The SMILES string of the molecule is Cc1ccc(C(=O)NC(Nc2ccc(C)cn2)(C(F)(F)F)C(F)(F)F)cc1. The van der Waals surface area contributed by atoms with Gasteiger partial charge in [0, 0.05) is 11.8 Å². The van der Waals surface area contributed by atoms with E-state index in [1.165, 1.54) is 23.5 Å². The molecule has 2 rings (SSSR count). The summed E-state index contributed by atoms with van der Waals surface area (Å²) in [7, 11) is 0. The van der Waals surface area contributed by atoms with E-state index in [4.69, 9.17) is 0 Å². The fourth-order valence-electron chi connectivity index (χ4n) is 2.16. The molecule has 1 amide bonds. The van der Waals surface area contributed by atoms with Gasteiger partial charge in [0.05, 0.1) is 0 Å². The third-order valence-corrected chi connectivity index (χ3v) is 3.69. The molecule has 2 aromatic rings. The van der Waals surface area contributed by atoms with Crippen LogP contribution >= 0.6 is 0 Å². The van der Waals surface area contributed by atoms with Crippen molar-refractivity contribution < 1.29 is 31.1 Å². The number of benzene rings is 1. The lowest BCUT2D eigenvalue weighted by molar-refractivity contribution is -0.294. The lowest BCUT2D eigenvalue weighted by Crippen LogP contribution is -2.72. The molecule has 0 aliphatic carbocycles. The van der Waals surface area contributed by atoms with Crippen molar-refractivity contribution in [3.05, 3.63) is 59.3 Å². The van der Waals surface area contributed by atoms with Crippen LogP contribution in [0.5, 0.6) is 0 Å². The minimum Gasteiger partial charge on any atom is -0.332 e. The number of halogens is 6. The van der Waals surface area contributed by atoms with Crippen LogP contribution in [0.15, 0.2) is 42.6 Å². The maximum absolute atomic E-state index is 13.6. The highest BCUT2D eigenvalue weighted by Crippen LogP contribution is 2.43. The van der Waals surface area contributed by atoms with Gasteiger partial charge in [-0.2, -0.15) is 26.3 Å². The number of hydrogen-bond donors (Lipinski definition) is 2. The van der Waals surface area contributed by atoms with Crippen LogP contribution < -0.4 is 10.6 Å². The van der Waals surface area contributed by atoms with E-state index >= 15 is 0 Å². The number of aromatic nitrogens is 1. The van der Waals surface area contributed by atoms with Crippen molar-refractivity contribution in [2.45, 2.75) is 31.9 Å². The quantitative estimate of drug-likeness (QED) is 0.602. The normalized spacial score (nSPS) is 12.6. The van der Waals surface area contributed by atoms with E-state index in [9.17, 15) is 31.1 Å². The molecule has 1 heterocycles. The second-order valence-corrected chi connectivity index (χ2v) is 5.91. The van der Waals surface area contributed by atoms with Gasteiger partial charge >= 0.3 is 18.0 Å². The molecule has 0 saturated carbocycles. The summed E-state index contributed by atoms with van der Waals surface area (Å²) in [4.78, 5) is 15.7. The minimum atomic E-state index is -5.90. The first-order valence-corrected chi connectivity index (χ1v) is 7.59. The standard InChI is InChI=1S/C17H15F6N3O/c1-10-3-6-12(7-4-10)14(27)26-15(16(18,19)20,17(21,22)23)25-13-8-5-11(2)9-24-13/h3-9H,1-2H3,(H,24,25)(H,26,27). The van der Waals surface area contributed by atoms with E-state index in [0.29, 0.717) is 11.1 Å². The van der Waals surface area contributed by atoms with Crippen molar-refractivity contribution in [1.82, 2.24) is 10.3 Å². The summed E-state index contributed by atoms with van der Waals surface area (Å²) in [6, 6.07) is 7.30. The summed E-state index contributed by atoms with van der Waals surface area (Å²) in [5.74, 6) is -2.23. The van der Waals surface area contributed by atoms with E-state index < -0.39 is 29.7 Å².